The molecule has 1 fully saturated rings. The molecule has 1 unspecified atom stereocenters. The van der Waals surface area contributed by atoms with E-state index < -0.39 is 0 Å². The largest absolute Gasteiger partial charge is 0.470 e. The summed E-state index contributed by atoms with van der Waals surface area (Å²) in [5.41, 5.74) is 0.520. The Morgan fingerprint density at radius 2 is 2.17 bits per heavy atom. The van der Waals surface area contributed by atoms with Crippen LogP contribution in [0.15, 0.2) is 17.8 Å². The van der Waals surface area contributed by atoms with Crippen molar-refractivity contribution >= 4 is 23.1 Å². The standard InChI is InChI=1S/C16H21N5O2S/c1-11-19-13(10-24-11)16(22)21-8-4-5-12(9-21)23-15-14(20(2)3)17-6-7-18-15/h6-7,10,12H,4-5,8-9H2,1-3H3. The van der Waals surface area contributed by atoms with Crippen LogP contribution in [0.2, 0.25) is 0 Å². The predicted molar refractivity (Wildman–Crippen MR) is 92.8 cm³/mol. The van der Waals surface area contributed by atoms with E-state index in [2.05, 4.69) is 15.0 Å². The van der Waals surface area contributed by atoms with E-state index in [1.807, 2.05) is 36.2 Å². The molecule has 1 saturated heterocycles. The summed E-state index contributed by atoms with van der Waals surface area (Å²) >= 11 is 1.49. The number of aryl methyl sites for hydroxylation is 1. The number of amides is 1. The lowest BCUT2D eigenvalue weighted by molar-refractivity contribution is 0.0523. The number of likely N-dealkylation sites (tertiary alicyclic amines) is 1. The second-order valence-corrected chi connectivity index (χ2v) is 7.03. The molecule has 3 rings (SSSR count). The van der Waals surface area contributed by atoms with Gasteiger partial charge in [-0.15, -0.1) is 11.3 Å². The van der Waals surface area contributed by atoms with Gasteiger partial charge in [-0.1, -0.05) is 0 Å². The first-order valence-corrected chi connectivity index (χ1v) is 8.79. The molecule has 8 heteroatoms. The minimum atomic E-state index is -0.0853. The third-order valence-electron chi connectivity index (χ3n) is 3.85. The first kappa shape index (κ1) is 16.6. The number of piperidine rings is 1. The molecule has 0 aliphatic carbocycles. The van der Waals surface area contributed by atoms with Crippen LogP contribution in [0.5, 0.6) is 5.88 Å². The van der Waals surface area contributed by atoms with Gasteiger partial charge in [0.1, 0.15) is 11.8 Å². The van der Waals surface area contributed by atoms with Gasteiger partial charge in [0.2, 0.25) is 0 Å². The van der Waals surface area contributed by atoms with Crippen molar-refractivity contribution in [3.63, 3.8) is 0 Å². The average Bonchev–Trinajstić information content (AvgIpc) is 3.01. The zero-order chi connectivity index (χ0) is 17.1. The van der Waals surface area contributed by atoms with Crippen LogP contribution in [0.4, 0.5) is 5.82 Å². The SMILES string of the molecule is Cc1nc(C(=O)N2CCCC(Oc3nccnc3N(C)C)C2)cs1. The Kier molecular flexibility index (Phi) is 4.94. The average molecular weight is 347 g/mol. The molecule has 0 spiro atoms. The molecular weight excluding hydrogens is 326 g/mol. The Balaban J connectivity index is 1.69. The van der Waals surface area contributed by atoms with Crippen LogP contribution in [0.1, 0.15) is 28.3 Å². The molecule has 0 radical (unpaired) electrons. The van der Waals surface area contributed by atoms with E-state index in [4.69, 9.17) is 4.74 Å². The summed E-state index contributed by atoms with van der Waals surface area (Å²) in [6.07, 6.45) is 4.97. The van der Waals surface area contributed by atoms with Gasteiger partial charge in [0.25, 0.3) is 11.8 Å². The maximum absolute atomic E-state index is 12.6. The van der Waals surface area contributed by atoms with Gasteiger partial charge in [0.15, 0.2) is 5.82 Å². The van der Waals surface area contributed by atoms with Gasteiger partial charge in [0, 0.05) is 38.4 Å². The van der Waals surface area contributed by atoms with E-state index in [-0.39, 0.29) is 12.0 Å². The highest BCUT2D eigenvalue weighted by atomic mass is 32.1. The monoisotopic (exact) mass is 347 g/mol. The van der Waals surface area contributed by atoms with Crippen LogP contribution in [0.3, 0.4) is 0 Å². The summed E-state index contributed by atoms with van der Waals surface area (Å²) in [6.45, 7) is 3.18. The number of carbonyl (C=O) groups is 1. The molecule has 24 heavy (non-hydrogen) atoms. The number of aromatic nitrogens is 3. The van der Waals surface area contributed by atoms with E-state index in [9.17, 15) is 4.79 Å². The Hall–Kier alpha value is -2.22. The summed E-state index contributed by atoms with van der Waals surface area (Å²) in [5, 5.41) is 2.72. The number of anilines is 1. The van der Waals surface area contributed by atoms with Gasteiger partial charge < -0.3 is 14.5 Å². The van der Waals surface area contributed by atoms with Crippen LogP contribution in [0.25, 0.3) is 0 Å². The first-order valence-electron chi connectivity index (χ1n) is 7.91. The van der Waals surface area contributed by atoms with Crippen LogP contribution in [-0.2, 0) is 0 Å². The van der Waals surface area contributed by atoms with Crippen molar-refractivity contribution in [1.29, 1.82) is 0 Å². The van der Waals surface area contributed by atoms with Gasteiger partial charge in [-0.05, 0) is 19.8 Å². The lowest BCUT2D eigenvalue weighted by Crippen LogP contribution is -2.44. The number of ether oxygens (including phenoxy) is 1. The number of rotatable bonds is 4. The molecular formula is C16H21N5O2S. The lowest BCUT2D eigenvalue weighted by Gasteiger charge is -2.32. The summed E-state index contributed by atoms with van der Waals surface area (Å²) in [6, 6.07) is 0. The number of thiazole rings is 1. The molecule has 2 aromatic rings. The van der Waals surface area contributed by atoms with Crippen molar-refractivity contribution in [3.8, 4) is 5.88 Å². The van der Waals surface area contributed by atoms with Gasteiger partial charge in [-0.3, -0.25) is 4.79 Å². The Labute approximate surface area is 145 Å². The minimum absolute atomic E-state index is 0.0281. The summed E-state index contributed by atoms with van der Waals surface area (Å²) < 4.78 is 6.04. The van der Waals surface area contributed by atoms with Crippen molar-refractivity contribution < 1.29 is 9.53 Å². The number of nitrogens with zero attached hydrogens (tertiary/aromatic N) is 5. The molecule has 1 aliphatic rings. The van der Waals surface area contributed by atoms with Crippen LogP contribution >= 0.6 is 11.3 Å². The van der Waals surface area contributed by atoms with Gasteiger partial charge in [-0.25, -0.2) is 15.0 Å². The Morgan fingerprint density at radius 3 is 2.88 bits per heavy atom. The summed E-state index contributed by atoms with van der Waals surface area (Å²) in [7, 11) is 3.80. The normalized spacial score (nSPS) is 17.6. The topological polar surface area (TPSA) is 71.5 Å². The van der Waals surface area contributed by atoms with Crippen molar-refractivity contribution in [2.24, 2.45) is 0 Å². The minimum Gasteiger partial charge on any atom is -0.470 e. The smallest absolute Gasteiger partial charge is 0.273 e. The molecule has 128 valence electrons. The molecule has 0 aromatic carbocycles. The van der Waals surface area contributed by atoms with E-state index in [0.717, 1.165) is 24.4 Å². The molecule has 2 aromatic heterocycles. The number of hydrogen-bond donors (Lipinski definition) is 0. The molecule has 0 bridgehead atoms. The highest BCUT2D eigenvalue weighted by Gasteiger charge is 2.28. The van der Waals surface area contributed by atoms with E-state index in [1.54, 1.807) is 12.4 Å². The van der Waals surface area contributed by atoms with Gasteiger partial charge in [-0.2, -0.15) is 0 Å². The quantitative estimate of drug-likeness (QED) is 0.842. The zero-order valence-corrected chi connectivity index (χ0v) is 14.9. The van der Waals surface area contributed by atoms with Crippen molar-refractivity contribution in [1.82, 2.24) is 19.9 Å². The molecule has 1 amide bonds. The van der Waals surface area contributed by atoms with E-state index in [1.165, 1.54) is 11.3 Å². The van der Waals surface area contributed by atoms with Crippen molar-refractivity contribution in [2.75, 3.05) is 32.1 Å². The zero-order valence-electron chi connectivity index (χ0n) is 14.1. The third kappa shape index (κ3) is 3.64. The Morgan fingerprint density at radius 1 is 1.38 bits per heavy atom. The highest BCUT2D eigenvalue weighted by Crippen LogP contribution is 2.24. The summed E-state index contributed by atoms with van der Waals surface area (Å²) in [5.74, 6) is 1.17. The maximum Gasteiger partial charge on any atom is 0.273 e. The predicted octanol–water partition coefficient (Wildman–Crippen LogP) is 1.99. The Bertz CT molecular complexity index is 718. The van der Waals surface area contributed by atoms with Crippen molar-refractivity contribution in [2.45, 2.75) is 25.9 Å². The van der Waals surface area contributed by atoms with E-state index in [0.29, 0.717) is 23.9 Å². The van der Waals surface area contributed by atoms with Gasteiger partial charge in [0.05, 0.1) is 11.6 Å². The fourth-order valence-corrected chi connectivity index (χ4v) is 3.29. The molecule has 1 aliphatic heterocycles. The molecule has 1 atom stereocenters. The van der Waals surface area contributed by atoms with E-state index >= 15 is 0 Å². The fraction of sp³-hybridized carbons (Fsp3) is 0.500. The number of hydrogen-bond acceptors (Lipinski definition) is 7. The molecule has 7 nitrogen and oxygen atoms in total. The second-order valence-electron chi connectivity index (χ2n) is 5.96. The lowest BCUT2D eigenvalue weighted by atomic mass is 10.1. The maximum atomic E-state index is 12.6. The first-order chi connectivity index (χ1) is 11.5. The highest BCUT2D eigenvalue weighted by molar-refractivity contribution is 7.09. The third-order valence-corrected chi connectivity index (χ3v) is 4.63. The molecule has 0 N–H and O–H groups in total. The fourth-order valence-electron chi connectivity index (χ4n) is 2.71. The summed E-state index contributed by atoms with van der Waals surface area (Å²) in [4.78, 5) is 29.1. The van der Waals surface area contributed by atoms with Gasteiger partial charge >= 0.3 is 0 Å². The van der Waals surface area contributed by atoms with Crippen LogP contribution < -0.4 is 9.64 Å². The molecule has 0 saturated carbocycles. The van der Waals surface area contributed by atoms with Crippen LogP contribution in [-0.4, -0.2) is 59.0 Å². The van der Waals surface area contributed by atoms with Crippen molar-refractivity contribution in [3.05, 3.63) is 28.5 Å². The molecule has 3 heterocycles. The second kappa shape index (κ2) is 7.12. The number of carbonyl (C=O) groups excluding carboxylic acids is 1. The van der Waals surface area contributed by atoms with Crippen LogP contribution in [0, 0.1) is 6.92 Å².